The minimum atomic E-state index is -3.65. The molecule has 0 saturated carbocycles. The summed E-state index contributed by atoms with van der Waals surface area (Å²) < 4.78 is 36.5. The van der Waals surface area contributed by atoms with Gasteiger partial charge in [0.15, 0.2) is 0 Å². The number of benzene rings is 1. The number of rotatable bonds is 4. The monoisotopic (exact) mass is 339 g/mol. The van der Waals surface area contributed by atoms with Gasteiger partial charge in [0.05, 0.1) is 24.8 Å². The lowest BCUT2D eigenvalue weighted by Crippen LogP contribution is -2.40. The van der Waals surface area contributed by atoms with Gasteiger partial charge < -0.3 is 9.47 Å². The molecule has 1 aliphatic heterocycles. The fourth-order valence-electron chi connectivity index (χ4n) is 1.96. The molecule has 0 aromatic heterocycles. The van der Waals surface area contributed by atoms with Crippen LogP contribution in [-0.4, -0.2) is 46.1 Å². The molecule has 8 heteroatoms. The molecule has 0 N–H and O–H groups in total. The largest absolute Gasteiger partial charge is 0.380 e. The third-order valence-corrected chi connectivity index (χ3v) is 5.70. The zero-order chi connectivity index (χ0) is 14.8. The minimum absolute atomic E-state index is 0.0194. The van der Waals surface area contributed by atoms with Gasteiger partial charge in [0, 0.05) is 25.2 Å². The number of hydrogen-bond acceptors (Lipinski definition) is 4. The van der Waals surface area contributed by atoms with E-state index in [9.17, 15) is 8.42 Å². The van der Waals surface area contributed by atoms with Crippen molar-refractivity contribution in [2.24, 2.45) is 0 Å². The predicted octanol–water partition coefficient (Wildman–Crippen LogP) is 2.16. The summed E-state index contributed by atoms with van der Waals surface area (Å²) in [5.74, 6) is 0. The zero-order valence-electron chi connectivity index (χ0n) is 10.9. The molecule has 0 unspecified atom stereocenters. The molecule has 0 aliphatic carbocycles. The van der Waals surface area contributed by atoms with Crippen LogP contribution in [0.3, 0.4) is 0 Å². The first kappa shape index (κ1) is 16.0. The van der Waals surface area contributed by atoms with Crippen molar-refractivity contribution in [1.82, 2.24) is 4.31 Å². The van der Waals surface area contributed by atoms with E-state index in [0.717, 1.165) is 0 Å². The van der Waals surface area contributed by atoms with Crippen LogP contribution < -0.4 is 0 Å². The quantitative estimate of drug-likeness (QED) is 0.843. The van der Waals surface area contributed by atoms with E-state index < -0.39 is 10.0 Å². The van der Waals surface area contributed by atoms with Gasteiger partial charge >= 0.3 is 0 Å². The number of morpholine rings is 1. The summed E-state index contributed by atoms with van der Waals surface area (Å²) in [7, 11) is -2.12. The van der Waals surface area contributed by atoms with Crippen molar-refractivity contribution in [3.8, 4) is 0 Å². The first-order valence-electron chi connectivity index (χ1n) is 6.01. The zero-order valence-corrected chi connectivity index (χ0v) is 13.3. The summed E-state index contributed by atoms with van der Waals surface area (Å²) in [5, 5.41) is 0.469. The number of hydrogen-bond donors (Lipinski definition) is 0. The standard InChI is InChI=1S/C12H15Cl2NO4S/c1-18-8-9-6-11(14)12(7-10(9)13)20(16,17)15-2-4-19-5-3-15/h6-7H,2-5,8H2,1H3. The molecule has 1 aromatic carbocycles. The molecule has 112 valence electrons. The third kappa shape index (κ3) is 3.27. The average molecular weight is 340 g/mol. The number of ether oxygens (including phenoxy) is 2. The SMILES string of the molecule is COCc1cc(Cl)c(S(=O)(=O)N2CCOCC2)cc1Cl. The topological polar surface area (TPSA) is 55.8 Å². The van der Waals surface area contributed by atoms with Crippen molar-refractivity contribution in [2.45, 2.75) is 11.5 Å². The average Bonchev–Trinajstić information content (AvgIpc) is 2.43. The van der Waals surface area contributed by atoms with Crippen LogP contribution >= 0.6 is 23.2 Å². The molecule has 0 spiro atoms. The molecule has 1 fully saturated rings. The summed E-state index contributed by atoms with van der Waals surface area (Å²) in [6.07, 6.45) is 0. The smallest absolute Gasteiger partial charge is 0.244 e. The fourth-order valence-corrected chi connectivity index (χ4v) is 4.20. The van der Waals surface area contributed by atoms with Crippen LogP contribution in [0.15, 0.2) is 17.0 Å². The molecule has 1 saturated heterocycles. The van der Waals surface area contributed by atoms with Crippen LogP contribution in [0.4, 0.5) is 0 Å². The number of halogens is 2. The van der Waals surface area contributed by atoms with Crippen molar-refractivity contribution in [1.29, 1.82) is 0 Å². The summed E-state index contributed by atoms with van der Waals surface area (Å²) >= 11 is 12.2. The van der Waals surface area contributed by atoms with Gasteiger partial charge in [0.2, 0.25) is 10.0 Å². The molecular formula is C12H15Cl2NO4S. The molecule has 5 nitrogen and oxygen atoms in total. The van der Waals surface area contributed by atoms with Crippen molar-refractivity contribution < 1.29 is 17.9 Å². The van der Waals surface area contributed by atoms with Gasteiger partial charge in [0.25, 0.3) is 0 Å². The minimum Gasteiger partial charge on any atom is -0.380 e. The van der Waals surface area contributed by atoms with Crippen molar-refractivity contribution >= 4 is 33.2 Å². The van der Waals surface area contributed by atoms with Crippen molar-refractivity contribution in [3.63, 3.8) is 0 Å². The normalized spacial score (nSPS) is 17.4. The number of sulfonamides is 1. The highest BCUT2D eigenvalue weighted by molar-refractivity contribution is 7.89. The lowest BCUT2D eigenvalue weighted by molar-refractivity contribution is 0.0730. The van der Waals surface area contributed by atoms with Gasteiger partial charge in [-0.2, -0.15) is 4.31 Å². The van der Waals surface area contributed by atoms with E-state index in [2.05, 4.69) is 0 Å². The van der Waals surface area contributed by atoms with E-state index in [-0.39, 0.29) is 16.5 Å². The number of nitrogens with zero attached hydrogens (tertiary/aromatic N) is 1. The molecule has 2 rings (SSSR count). The molecule has 0 atom stereocenters. The van der Waals surface area contributed by atoms with Crippen LogP contribution in [0.5, 0.6) is 0 Å². The Morgan fingerprint density at radius 2 is 1.90 bits per heavy atom. The molecule has 0 radical (unpaired) electrons. The molecule has 1 aromatic rings. The lowest BCUT2D eigenvalue weighted by Gasteiger charge is -2.26. The van der Waals surface area contributed by atoms with Gasteiger partial charge in [-0.15, -0.1) is 0 Å². The van der Waals surface area contributed by atoms with E-state index in [1.54, 1.807) is 0 Å². The molecule has 0 bridgehead atoms. The second kappa shape index (κ2) is 6.60. The summed E-state index contributed by atoms with van der Waals surface area (Å²) in [5.41, 5.74) is 0.653. The Kier molecular flexibility index (Phi) is 5.28. The Bertz CT molecular complexity index is 585. The maximum absolute atomic E-state index is 12.5. The summed E-state index contributed by atoms with van der Waals surface area (Å²) in [6.45, 7) is 1.67. The molecular weight excluding hydrogens is 325 g/mol. The van der Waals surface area contributed by atoms with Crippen LogP contribution in [0.1, 0.15) is 5.56 Å². The highest BCUT2D eigenvalue weighted by Crippen LogP contribution is 2.31. The maximum atomic E-state index is 12.5. The van der Waals surface area contributed by atoms with E-state index in [0.29, 0.717) is 36.9 Å². The van der Waals surface area contributed by atoms with Gasteiger partial charge in [-0.25, -0.2) is 8.42 Å². The lowest BCUT2D eigenvalue weighted by atomic mass is 10.2. The Balaban J connectivity index is 2.38. The Morgan fingerprint density at radius 3 is 2.50 bits per heavy atom. The highest BCUT2D eigenvalue weighted by atomic mass is 35.5. The Labute approximate surface area is 128 Å². The van der Waals surface area contributed by atoms with Gasteiger partial charge in [-0.1, -0.05) is 23.2 Å². The molecule has 20 heavy (non-hydrogen) atoms. The molecule has 1 heterocycles. The van der Waals surface area contributed by atoms with E-state index in [1.807, 2.05) is 0 Å². The molecule has 0 amide bonds. The predicted molar refractivity (Wildman–Crippen MR) is 76.8 cm³/mol. The highest BCUT2D eigenvalue weighted by Gasteiger charge is 2.29. The van der Waals surface area contributed by atoms with E-state index in [1.165, 1.54) is 23.5 Å². The first-order valence-corrected chi connectivity index (χ1v) is 8.21. The number of methoxy groups -OCH3 is 1. The van der Waals surface area contributed by atoms with Crippen LogP contribution in [0, 0.1) is 0 Å². The van der Waals surface area contributed by atoms with E-state index >= 15 is 0 Å². The van der Waals surface area contributed by atoms with E-state index in [4.69, 9.17) is 32.7 Å². The molecule has 1 aliphatic rings. The Morgan fingerprint density at radius 1 is 1.25 bits per heavy atom. The van der Waals surface area contributed by atoms with Gasteiger partial charge in [-0.05, 0) is 17.7 Å². The second-order valence-corrected chi connectivity index (χ2v) is 7.04. The van der Waals surface area contributed by atoms with Crippen molar-refractivity contribution in [2.75, 3.05) is 33.4 Å². The Hall–Kier alpha value is -0.370. The van der Waals surface area contributed by atoms with Gasteiger partial charge in [-0.3, -0.25) is 0 Å². The van der Waals surface area contributed by atoms with Gasteiger partial charge in [0.1, 0.15) is 4.90 Å². The summed E-state index contributed by atoms with van der Waals surface area (Å²) in [4.78, 5) is 0.0194. The third-order valence-electron chi connectivity index (χ3n) is 2.99. The second-order valence-electron chi connectivity index (χ2n) is 4.32. The summed E-state index contributed by atoms with van der Waals surface area (Å²) in [6, 6.07) is 2.91. The van der Waals surface area contributed by atoms with Crippen molar-refractivity contribution in [3.05, 3.63) is 27.7 Å². The van der Waals surface area contributed by atoms with Crippen LogP contribution in [0.25, 0.3) is 0 Å². The maximum Gasteiger partial charge on any atom is 0.244 e. The van der Waals surface area contributed by atoms with Crippen LogP contribution in [0.2, 0.25) is 10.0 Å². The fraction of sp³-hybridized carbons (Fsp3) is 0.500. The first-order chi connectivity index (χ1) is 9.46. The van der Waals surface area contributed by atoms with Crippen LogP contribution in [-0.2, 0) is 26.1 Å².